The van der Waals surface area contributed by atoms with Gasteiger partial charge in [0.1, 0.15) is 0 Å². The van der Waals surface area contributed by atoms with Crippen molar-refractivity contribution in [2.24, 2.45) is 11.8 Å². The van der Waals surface area contributed by atoms with E-state index in [0.717, 1.165) is 12.8 Å². The zero-order valence-corrected chi connectivity index (χ0v) is 18.6. The van der Waals surface area contributed by atoms with Crippen molar-refractivity contribution in [3.63, 3.8) is 0 Å². The first-order valence-corrected chi connectivity index (χ1v) is 9.86. The number of carbonyl (C=O) groups is 2. The summed E-state index contributed by atoms with van der Waals surface area (Å²) in [4.78, 5) is 28.7. The van der Waals surface area contributed by atoms with E-state index >= 15 is 0 Å². The molecular weight excluding hydrogens is 356 g/mol. The molecule has 0 saturated heterocycles. The van der Waals surface area contributed by atoms with E-state index in [-0.39, 0.29) is 12.5 Å². The second-order valence-electron chi connectivity index (χ2n) is 8.48. The lowest BCUT2D eigenvalue weighted by atomic mass is 10.1. The maximum Gasteiger partial charge on any atom is 0.339 e. The Morgan fingerprint density at radius 1 is 0.714 bits per heavy atom. The summed E-state index contributed by atoms with van der Waals surface area (Å²) in [5.41, 5.74) is 0.831. The van der Waals surface area contributed by atoms with Crippen LogP contribution in [-0.4, -0.2) is 62.4 Å². The van der Waals surface area contributed by atoms with Gasteiger partial charge in [-0.1, -0.05) is 27.7 Å². The van der Waals surface area contributed by atoms with Gasteiger partial charge in [-0.05, 0) is 64.3 Å². The maximum absolute atomic E-state index is 12.4. The molecule has 0 heterocycles. The third-order valence-corrected chi connectivity index (χ3v) is 4.34. The van der Waals surface area contributed by atoms with Gasteiger partial charge in [-0.15, -0.1) is 0 Å². The predicted octanol–water partition coefficient (Wildman–Crippen LogP) is 3.87. The number of hydrogen-bond acceptors (Lipinski definition) is 6. The third kappa shape index (κ3) is 7.98. The Morgan fingerprint density at radius 2 is 1.00 bits per heavy atom. The molecule has 1 rings (SSSR count). The first kappa shape index (κ1) is 24.1. The molecule has 0 amide bonds. The van der Waals surface area contributed by atoms with Crippen LogP contribution in [0.15, 0.2) is 24.3 Å². The predicted molar refractivity (Wildman–Crippen MR) is 111 cm³/mol. The smallest absolute Gasteiger partial charge is 0.339 e. The van der Waals surface area contributed by atoms with Crippen LogP contribution >= 0.6 is 0 Å². The molecule has 2 atom stereocenters. The quantitative estimate of drug-likeness (QED) is 0.445. The molecule has 0 aromatic heterocycles. The van der Waals surface area contributed by atoms with Crippen molar-refractivity contribution < 1.29 is 19.1 Å². The van der Waals surface area contributed by atoms with Gasteiger partial charge in [0.25, 0.3) is 0 Å². The SMILES string of the molecule is CC(C)CC(OC(=O)c1ccc(C(=O)OC(CC(C)C)N(C)C)cc1)N(C)C. The number of rotatable bonds is 10. The molecule has 0 aliphatic rings. The van der Waals surface area contributed by atoms with Gasteiger partial charge in [0.05, 0.1) is 11.1 Å². The molecule has 158 valence electrons. The zero-order valence-electron chi connectivity index (χ0n) is 18.6. The van der Waals surface area contributed by atoms with Crippen molar-refractivity contribution in [1.29, 1.82) is 0 Å². The largest absolute Gasteiger partial charge is 0.443 e. The van der Waals surface area contributed by atoms with Crippen molar-refractivity contribution in [2.45, 2.75) is 53.0 Å². The highest BCUT2D eigenvalue weighted by Crippen LogP contribution is 2.16. The fourth-order valence-electron chi connectivity index (χ4n) is 2.66. The summed E-state index contributed by atoms with van der Waals surface area (Å²) in [5, 5.41) is 0. The Morgan fingerprint density at radius 3 is 1.21 bits per heavy atom. The van der Waals surface area contributed by atoms with Gasteiger partial charge in [0.15, 0.2) is 12.5 Å². The Kier molecular flexibility index (Phi) is 9.62. The molecule has 0 spiro atoms. The summed E-state index contributed by atoms with van der Waals surface area (Å²) in [6, 6.07) is 6.42. The van der Waals surface area contributed by atoms with Crippen molar-refractivity contribution >= 4 is 11.9 Å². The monoisotopic (exact) mass is 392 g/mol. The van der Waals surface area contributed by atoms with E-state index in [1.165, 1.54) is 0 Å². The van der Waals surface area contributed by atoms with Crippen LogP contribution in [0.25, 0.3) is 0 Å². The number of carbonyl (C=O) groups excluding carboxylic acids is 2. The molecule has 0 N–H and O–H groups in total. The molecule has 2 unspecified atom stereocenters. The number of ether oxygens (including phenoxy) is 2. The topological polar surface area (TPSA) is 59.1 Å². The summed E-state index contributed by atoms with van der Waals surface area (Å²) in [5.74, 6) is 0.0242. The molecule has 0 saturated carbocycles. The minimum Gasteiger partial charge on any atom is -0.443 e. The fraction of sp³-hybridized carbons (Fsp3) is 0.636. The molecule has 6 heteroatoms. The van der Waals surface area contributed by atoms with Gasteiger partial charge in [0.2, 0.25) is 0 Å². The summed E-state index contributed by atoms with van der Waals surface area (Å²) < 4.78 is 11.2. The third-order valence-electron chi connectivity index (χ3n) is 4.34. The number of hydrogen-bond donors (Lipinski definition) is 0. The lowest BCUT2D eigenvalue weighted by molar-refractivity contribution is -0.0239. The first-order chi connectivity index (χ1) is 13.0. The van der Waals surface area contributed by atoms with Crippen LogP contribution in [0.2, 0.25) is 0 Å². The highest BCUT2D eigenvalue weighted by Gasteiger charge is 2.21. The molecule has 0 bridgehead atoms. The fourth-order valence-corrected chi connectivity index (χ4v) is 2.66. The average molecular weight is 393 g/mol. The van der Waals surface area contributed by atoms with Crippen LogP contribution in [0.5, 0.6) is 0 Å². The van der Waals surface area contributed by atoms with Gasteiger partial charge >= 0.3 is 11.9 Å². The summed E-state index contributed by atoms with van der Waals surface area (Å²) in [6.07, 6.45) is 0.943. The minimum absolute atomic E-state index is 0.283. The van der Waals surface area contributed by atoms with E-state index < -0.39 is 11.9 Å². The van der Waals surface area contributed by atoms with Crippen LogP contribution in [0.4, 0.5) is 0 Å². The molecule has 1 aromatic carbocycles. The number of benzene rings is 1. The number of nitrogens with zero attached hydrogens (tertiary/aromatic N) is 2. The summed E-state index contributed by atoms with van der Waals surface area (Å²) in [7, 11) is 7.55. The standard InChI is InChI=1S/C22H36N2O4/c1-15(2)13-19(23(5)6)27-21(25)17-9-11-18(12-10-17)22(26)28-20(24(7)8)14-16(3)4/h9-12,15-16,19-20H,13-14H2,1-8H3. The van der Waals surface area contributed by atoms with Crippen LogP contribution in [0.3, 0.4) is 0 Å². The molecule has 28 heavy (non-hydrogen) atoms. The van der Waals surface area contributed by atoms with E-state index in [0.29, 0.717) is 23.0 Å². The van der Waals surface area contributed by atoms with Gasteiger partial charge in [-0.3, -0.25) is 9.80 Å². The second-order valence-corrected chi connectivity index (χ2v) is 8.48. The molecule has 0 radical (unpaired) electrons. The van der Waals surface area contributed by atoms with E-state index in [2.05, 4.69) is 27.7 Å². The molecule has 6 nitrogen and oxygen atoms in total. The van der Waals surface area contributed by atoms with Crippen molar-refractivity contribution in [2.75, 3.05) is 28.2 Å². The van der Waals surface area contributed by atoms with Crippen molar-refractivity contribution in [3.05, 3.63) is 35.4 Å². The molecular formula is C22H36N2O4. The summed E-state index contributed by atoms with van der Waals surface area (Å²) >= 11 is 0. The normalized spacial score (nSPS) is 13.9. The second kappa shape index (κ2) is 11.2. The maximum atomic E-state index is 12.4. The first-order valence-electron chi connectivity index (χ1n) is 9.86. The molecule has 0 fully saturated rings. The zero-order chi connectivity index (χ0) is 21.4. The van der Waals surface area contributed by atoms with E-state index in [1.54, 1.807) is 24.3 Å². The van der Waals surface area contributed by atoms with Crippen LogP contribution in [0, 0.1) is 11.8 Å². The lowest BCUT2D eigenvalue weighted by Gasteiger charge is -2.26. The van der Waals surface area contributed by atoms with Crippen LogP contribution < -0.4 is 0 Å². The van der Waals surface area contributed by atoms with Crippen LogP contribution in [-0.2, 0) is 9.47 Å². The van der Waals surface area contributed by atoms with Gasteiger partial charge in [-0.25, -0.2) is 9.59 Å². The Bertz CT molecular complexity index is 569. The van der Waals surface area contributed by atoms with Gasteiger partial charge in [-0.2, -0.15) is 0 Å². The van der Waals surface area contributed by atoms with Crippen molar-refractivity contribution in [1.82, 2.24) is 9.80 Å². The Labute approximate surface area is 169 Å². The molecule has 1 aromatic rings. The van der Waals surface area contributed by atoms with Crippen molar-refractivity contribution in [3.8, 4) is 0 Å². The Hall–Kier alpha value is -1.92. The molecule has 0 aliphatic carbocycles. The minimum atomic E-state index is -0.398. The van der Waals surface area contributed by atoms with E-state index in [1.807, 2.05) is 38.0 Å². The highest BCUT2D eigenvalue weighted by atomic mass is 16.6. The lowest BCUT2D eigenvalue weighted by Crippen LogP contribution is -2.34. The van der Waals surface area contributed by atoms with Gasteiger partial charge < -0.3 is 9.47 Å². The summed E-state index contributed by atoms with van der Waals surface area (Å²) in [6.45, 7) is 8.35. The molecule has 0 aliphatic heterocycles. The van der Waals surface area contributed by atoms with Gasteiger partial charge in [0, 0.05) is 12.8 Å². The highest BCUT2D eigenvalue weighted by molar-refractivity contribution is 5.93. The Balaban J connectivity index is 2.78. The average Bonchev–Trinajstić information content (AvgIpc) is 2.59. The van der Waals surface area contributed by atoms with E-state index in [9.17, 15) is 9.59 Å². The van der Waals surface area contributed by atoms with E-state index in [4.69, 9.17) is 9.47 Å². The van der Waals surface area contributed by atoms with Crippen LogP contribution in [0.1, 0.15) is 61.3 Å². The number of esters is 2.